The van der Waals surface area contributed by atoms with Crippen molar-refractivity contribution in [3.63, 3.8) is 0 Å². The molecule has 0 radical (unpaired) electrons. The first kappa shape index (κ1) is 19.0. The van der Waals surface area contributed by atoms with Gasteiger partial charge in [0.1, 0.15) is 11.4 Å². The van der Waals surface area contributed by atoms with Gasteiger partial charge in [-0.05, 0) is 52.0 Å². The van der Waals surface area contributed by atoms with Gasteiger partial charge in [0.15, 0.2) is 5.96 Å². The Balaban J connectivity index is 1.71. The Kier molecular flexibility index (Phi) is 6.78. The molecule has 2 aliphatic rings. The van der Waals surface area contributed by atoms with Crippen LogP contribution in [0.5, 0.6) is 5.75 Å². The summed E-state index contributed by atoms with van der Waals surface area (Å²) in [6.07, 6.45) is 6.79. The minimum absolute atomic E-state index is 0.00168. The first-order chi connectivity index (χ1) is 12.8. The van der Waals surface area contributed by atoms with Gasteiger partial charge < -0.3 is 20.1 Å². The van der Waals surface area contributed by atoms with Crippen LogP contribution in [0.4, 0.5) is 0 Å². The summed E-state index contributed by atoms with van der Waals surface area (Å²) in [5.74, 6) is 1.92. The van der Waals surface area contributed by atoms with Gasteiger partial charge in [0.25, 0.3) is 0 Å². The van der Waals surface area contributed by atoms with Crippen molar-refractivity contribution in [3.8, 4) is 5.75 Å². The van der Waals surface area contributed by atoms with Crippen LogP contribution in [0.1, 0.15) is 64.0 Å². The Labute approximate surface area is 157 Å². The van der Waals surface area contributed by atoms with Gasteiger partial charge in [0.2, 0.25) is 0 Å². The van der Waals surface area contributed by atoms with Crippen LogP contribution in [-0.4, -0.2) is 37.9 Å². The number of benzene rings is 1. The fraction of sp³-hybridized carbons (Fsp3) is 0.667. The summed E-state index contributed by atoms with van der Waals surface area (Å²) < 4.78 is 11.9. The zero-order chi connectivity index (χ0) is 18.2. The quantitative estimate of drug-likeness (QED) is 0.442. The predicted molar refractivity (Wildman–Crippen MR) is 106 cm³/mol. The molecule has 2 N–H and O–H groups in total. The van der Waals surface area contributed by atoms with Crippen LogP contribution < -0.4 is 15.4 Å². The number of hydrogen-bond donors (Lipinski definition) is 2. The molecule has 26 heavy (non-hydrogen) atoms. The van der Waals surface area contributed by atoms with Crippen molar-refractivity contribution in [1.29, 1.82) is 0 Å². The Morgan fingerprint density at radius 1 is 1.27 bits per heavy atom. The molecule has 0 amide bonds. The number of rotatable bonds is 7. The molecule has 1 fully saturated rings. The Morgan fingerprint density at radius 3 is 2.85 bits per heavy atom. The molecule has 1 aromatic carbocycles. The maximum atomic E-state index is 6.46. The lowest BCUT2D eigenvalue weighted by Gasteiger charge is -2.40. The number of fused-ring (bicyclic) bond motifs is 1. The standard InChI is InChI=1S/C21H33N3O2/c1-3-22-20(23-14-9-15-25-4-2)24-18-16-21(12-7-8-13-21)26-19-11-6-5-10-17(18)19/h5-6,10-11,18H,3-4,7-9,12-16H2,1-2H3,(H2,22,23,24). The molecule has 1 aromatic rings. The summed E-state index contributed by atoms with van der Waals surface area (Å²) >= 11 is 0. The fourth-order valence-electron chi connectivity index (χ4n) is 4.06. The molecule has 1 aliphatic heterocycles. The number of guanidine groups is 1. The smallest absolute Gasteiger partial charge is 0.191 e. The largest absolute Gasteiger partial charge is 0.487 e. The molecule has 0 saturated heterocycles. The molecule has 1 spiro atoms. The summed E-state index contributed by atoms with van der Waals surface area (Å²) in [5, 5.41) is 7.06. The molecule has 0 bridgehead atoms. The fourth-order valence-corrected chi connectivity index (χ4v) is 4.06. The number of ether oxygens (including phenoxy) is 2. The highest BCUT2D eigenvalue weighted by Crippen LogP contribution is 2.46. The van der Waals surface area contributed by atoms with Crippen LogP contribution >= 0.6 is 0 Å². The SMILES string of the molecule is CCNC(=NCCCOCC)NC1CC2(CCCC2)Oc2ccccc21. The monoisotopic (exact) mass is 359 g/mol. The third-order valence-electron chi connectivity index (χ3n) is 5.29. The minimum atomic E-state index is -0.00168. The van der Waals surface area contributed by atoms with Gasteiger partial charge in [-0.2, -0.15) is 0 Å². The highest BCUT2D eigenvalue weighted by atomic mass is 16.5. The number of hydrogen-bond acceptors (Lipinski definition) is 3. The number of para-hydroxylation sites is 1. The lowest BCUT2D eigenvalue weighted by atomic mass is 9.86. The van der Waals surface area contributed by atoms with Crippen LogP contribution in [0.2, 0.25) is 0 Å². The average molecular weight is 360 g/mol. The zero-order valence-corrected chi connectivity index (χ0v) is 16.2. The Bertz CT molecular complexity index is 597. The molecule has 5 heteroatoms. The topological polar surface area (TPSA) is 54.9 Å². The van der Waals surface area contributed by atoms with Gasteiger partial charge in [0, 0.05) is 38.3 Å². The van der Waals surface area contributed by atoms with Gasteiger partial charge in [0.05, 0.1) is 6.04 Å². The second-order valence-corrected chi connectivity index (χ2v) is 7.24. The van der Waals surface area contributed by atoms with E-state index in [0.29, 0.717) is 0 Å². The van der Waals surface area contributed by atoms with Crippen molar-refractivity contribution in [2.45, 2.75) is 64.0 Å². The molecular weight excluding hydrogens is 326 g/mol. The van der Waals surface area contributed by atoms with Crippen molar-refractivity contribution in [2.75, 3.05) is 26.3 Å². The van der Waals surface area contributed by atoms with E-state index in [0.717, 1.165) is 63.7 Å². The summed E-state index contributed by atoms with van der Waals surface area (Å²) in [7, 11) is 0. The van der Waals surface area contributed by atoms with Crippen molar-refractivity contribution < 1.29 is 9.47 Å². The number of aliphatic imine (C=N–C) groups is 1. The highest BCUT2D eigenvalue weighted by molar-refractivity contribution is 5.80. The van der Waals surface area contributed by atoms with Gasteiger partial charge in [-0.25, -0.2) is 0 Å². The minimum Gasteiger partial charge on any atom is -0.487 e. The second kappa shape index (κ2) is 9.26. The normalized spacial score (nSPS) is 21.3. The summed E-state index contributed by atoms with van der Waals surface area (Å²) in [6, 6.07) is 8.68. The average Bonchev–Trinajstić information content (AvgIpc) is 3.09. The van der Waals surface area contributed by atoms with Crippen LogP contribution in [0.3, 0.4) is 0 Å². The van der Waals surface area contributed by atoms with Crippen LogP contribution in [-0.2, 0) is 4.74 Å². The van der Waals surface area contributed by atoms with Gasteiger partial charge in [-0.15, -0.1) is 0 Å². The van der Waals surface area contributed by atoms with E-state index in [9.17, 15) is 0 Å². The van der Waals surface area contributed by atoms with Crippen molar-refractivity contribution in [3.05, 3.63) is 29.8 Å². The Morgan fingerprint density at radius 2 is 2.08 bits per heavy atom. The van der Waals surface area contributed by atoms with E-state index >= 15 is 0 Å². The molecule has 5 nitrogen and oxygen atoms in total. The van der Waals surface area contributed by atoms with Crippen molar-refractivity contribution >= 4 is 5.96 Å². The number of nitrogens with zero attached hydrogens (tertiary/aromatic N) is 1. The third kappa shape index (κ3) is 4.70. The molecule has 144 valence electrons. The van der Waals surface area contributed by atoms with E-state index in [1.54, 1.807) is 0 Å². The maximum Gasteiger partial charge on any atom is 0.191 e. The van der Waals surface area contributed by atoms with E-state index in [2.05, 4.69) is 41.8 Å². The summed E-state index contributed by atoms with van der Waals surface area (Å²) in [5.41, 5.74) is 1.24. The molecule has 1 atom stereocenters. The third-order valence-corrected chi connectivity index (χ3v) is 5.29. The lowest BCUT2D eigenvalue weighted by Crippen LogP contribution is -2.46. The number of nitrogens with one attached hydrogen (secondary N) is 2. The molecule has 1 saturated carbocycles. The summed E-state index contributed by atoms with van der Waals surface area (Å²) in [4.78, 5) is 4.74. The molecule has 0 aromatic heterocycles. The van der Waals surface area contributed by atoms with Crippen LogP contribution in [0.25, 0.3) is 0 Å². The van der Waals surface area contributed by atoms with E-state index < -0.39 is 0 Å². The lowest BCUT2D eigenvalue weighted by molar-refractivity contribution is 0.0396. The highest BCUT2D eigenvalue weighted by Gasteiger charge is 2.43. The maximum absolute atomic E-state index is 6.46. The molecular formula is C21H33N3O2. The summed E-state index contributed by atoms with van der Waals surface area (Å²) in [6.45, 7) is 7.29. The van der Waals surface area contributed by atoms with E-state index in [4.69, 9.17) is 14.5 Å². The molecule has 1 unspecified atom stereocenters. The predicted octanol–water partition coefficient (Wildman–Crippen LogP) is 3.80. The van der Waals surface area contributed by atoms with Gasteiger partial charge in [-0.1, -0.05) is 18.2 Å². The van der Waals surface area contributed by atoms with E-state index in [-0.39, 0.29) is 11.6 Å². The first-order valence-corrected chi connectivity index (χ1v) is 10.2. The van der Waals surface area contributed by atoms with E-state index in [1.807, 2.05) is 6.92 Å². The molecule has 1 aliphatic carbocycles. The zero-order valence-electron chi connectivity index (χ0n) is 16.2. The van der Waals surface area contributed by atoms with Crippen molar-refractivity contribution in [2.24, 2.45) is 4.99 Å². The van der Waals surface area contributed by atoms with Crippen molar-refractivity contribution in [1.82, 2.24) is 10.6 Å². The second-order valence-electron chi connectivity index (χ2n) is 7.24. The van der Waals surface area contributed by atoms with E-state index in [1.165, 1.54) is 18.4 Å². The molecule has 3 rings (SSSR count). The first-order valence-electron chi connectivity index (χ1n) is 10.2. The van der Waals surface area contributed by atoms with Crippen LogP contribution in [0.15, 0.2) is 29.3 Å². The Hall–Kier alpha value is -1.75. The van der Waals surface area contributed by atoms with Gasteiger partial charge in [-0.3, -0.25) is 4.99 Å². The molecule has 1 heterocycles. The van der Waals surface area contributed by atoms with Crippen LogP contribution in [0, 0.1) is 0 Å². The van der Waals surface area contributed by atoms with Gasteiger partial charge >= 0.3 is 0 Å².